The Morgan fingerprint density at radius 3 is 2.38 bits per heavy atom. The van der Waals surface area contributed by atoms with Crippen LogP contribution in [0.2, 0.25) is 0 Å². The van der Waals surface area contributed by atoms with Gasteiger partial charge in [0.15, 0.2) is 0 Å². The summed E-state index contributed by atoms with van der Waals surface area (Å²) < 4.78 is 0. The third-order valence-corrected chi connectivity index (χ3v) is 2.83. The van der Waals surface area contributed by atoms with E-state index in [4.69, 9.17) is 0 Å². The monoisotopic (exact) mass is 201 g/mol. The van der Waals surface area contributed by atoms with Crippen LogP contribution in [0.25, 0.3) is 0 Å². The molecular formula is C9H15NO2S. The second kappa shape index (κ2) is 5.27. The molecule has 13 heavy (non-hydrogen) atoms. The van der Waals surface area contributed by atoms with E-state index >= 15 is 0 Å². The van der Waals surface area contributed by atoms with E-state index < -0.39 is 0 Å². The molecule has 0 aromatic rings. The van der Waals surface area contributed by atoms with Gasteiger partial charge in [0.05, 0.1) is 0 Å². The largest absolute Gasteiger partial charge is 0.283 e. The molecule has 0 atom stereocenters. The van der Waals surface area contributed by atoms with Crippen molar-refractivity contribution in [2.45, 2.75) is 25.7 Å². The Bertz CT molecular complexity index is 190. The summed E-state index contributed by atoms with van der Waals surface area (Å²) in [6.45, 7) is 0.623. The number of likely N-dealkylation sites (tertiary alicyclic amines) is 1. The summed E-state index contributed by atoms with van der Waals surface area (Å²) in [5.74, 6) is 1.12. The highest BCUT2D eigenvalue weighted by Crippen LogP contribution is 2.12. The van der Waals surface area contributed by atoms with E-state index in [9.17, 15) is 9.59 Å². The fourth-order valence-electron chi connectivity index (χ4n) is 1.39. The summed E-state index contributed by atoms with van der Waals surface area (Å²) in [7, 11) is 0. The van der Waals surface area contributed by atoms with Gasteiger partial charge in [-0.1, -0.05) is 0 Å². The lowest BCUT2D eigenvalue weighted by atomic mass is 10.3. The maximum atomic E-state index is 11.1. The predicted octanol–water partition coefficient (Wildman–Crippen LogP) is 1.28. The molecule has 0 unspecified atom stereocenters. The molecule has 1 saturated heterocycles. The van der Waals surface area contributed by atoms with Crippen LogP contribution < -0.4 is 0 Å². The maximum Gasteiger partial charge on any atom is 0.229 e. The first-order valence-corrected chi connectivity index (χ1v) is 5.97. The van der Waals surface area contributed by atoms with Crippen molar-refractivity contribution in [2.24, 2.45) is 0 Å². The second-order valence-corrected chi connectivity index (χ2v) is 4.12. The molecule has 0 bridgehead atoms. The number of unbranched alkanes of at least 4 members (excludes halogenated alkanes) is 1. The number of carbonyl (C=O) groups excluding carboxylic acids is 2. The van der Waals surface area contributed by atoms with E-state index in [1.807, 2.05) is 0 Å². The quantitative estimate of drug-likeness (QED) is 0.496. The Balaban J connectivity index is 2.20. The molecule has 1 aliphatic heterocycles. The normalized spacial score (nSPS) is 17.2. The van der Waals surface area contributed by atoms with Gasteiger partial charge in [0.1, 0.15) is 0 Å². The molecular weight excluding hydrogens is 186 g/mol. The molecule has 3 nitrogen and oxygen atoms in total. The van der Waals surface area contributed by atoms with Crippen molar-refractivity contribution in [1.82, 2.24) is 4.90 Å². The SMILES string of the molecule is CSCCCCN1C(=O)CCC1=O. The predicted molar refractivity (Wildman–Crippen MR) is 53.6 cm³/mol. The number of imide groups is 1. The summed E-state index contributed by atoms with van der Waals surface area (Å²) in [5, 5.41) is 0. The minimum atomic E-state index is 0.00847. The minimum Gasteiger partial charge on any atom is -0.283 e. The number of hydrogen-bond acceptors (Lipinski definition) is 3. The van der Waals surface area contributed by atoms with E-state index in [-0.39, 0.29) is 11.8 Å². The van der Waals surface area contributed by atoms with Crippen LogP contribution in [-0.4, -0.2) is 35.3 Å². The Hall–Kier alpha value is -0.510. The lowest BCUT2D eigenvalue weighted by molar-refractivity contribution is -0.138. The summed E-state index contributed by atoms with van der Waals surface area (Å²) in [6.07, 6.45) is 4.92. The van der Waals surface area contributed by atoms with Crippen molar-refractivity contribution in [3.63, 3.8) is 0 Å². The fraction of sp³-hybridized carbons (Fsp3) is 0.778. The van der Waals surface area contributed by atoms with Crippen molar-refractivity contribution < 1.29 is 9.59 Å². The maximum absolute atomic E-state index is 11.1. The highest BCUT2D eigenvalue weighted by molar-refractivity contribution is 7.98. The molecule has 0 spiro atoms. The van der Waals surface area contributed by atoms with Gasteiger partial charge in [-0.05, 0) is 24.9 Å². The molecule has 4 heteroatoms. The van der Waals surface area contributed by atoms with E-state index in [1.165, 1.54) is 4.90 Å². The number of rotatable bonds is 5. The van der Waals surface area contributed by atoms with Gasteiger partial charge in [-0.3, -0.25) is 14.5 Å². The smallest absolute Gasteiger partial charge is 0.229 e. The standard InChI is InChI=1S/C9H15NO2S/c1-13-7-3-2-6-10-8(11)4-5-9(10)12/h2-7H2,1H3. The molecule has 0 saturated carbocycles. The molecule has 2 amide bonds. The first kappa shape index (κ1) is 10.6. The summed E-state index contributed by atoms with van der Waals surface area (Å²) >= 11 is 1.80. The van der Waals surface area contributed by atoms with E-state index in [2.05, 4.69) is 6.26 Å². The lowest BCUT2D eigenvalue weighted by Crippen LogP contribution is -2.29. The topological polar surface area (TPSA) is 37.4 Å². The lowest BCUT2D eigenvalue weighted by Gasteiger charge is -2.12. The van der Waals surface area contributed by atoms with Gasteiger partial charge in [-0.25, -0.2) is 0 Å². The van der Waals surface area contributed by atoms with Crippen LogP contribution in [0, 0.1) is 0 Å². The van der Waals surface area contributed by atoms with E-state index in [1.54, 1.807) is 11.8 Å². The summed E-state index contributed by atoms with van der Waals surface area (Å²) in [6, 6.07) is 0. The van der Waals surface area contributed by atoms with Gasteiger partial charge < -0.3 is 0 Å². The zero-order chi connectivity index (χ0) is 9.68. The third-order valence-electron chi connectivity index (χ3n) is 2.14. The van der Waals surface area contributed by atoms with Crippen molar-refractivity contribution in [3.8, 4) is 0 Å². The third kappa shape index (κ3) is 3.03. The highest BCUT2D eigenvalue weighted by Gasteiger charge is 2.27. The van der Waals surface area contributed by atoms with Crippen LogP contribution in [0.15, 0.2) is 0 Å². The van der Waals surface area contributed by atoms with Crippen molar-refractivity contribution >= 4 is 23.6 Å². The van der Waals surface area contributed by atoms with Crippen molar-refractivity contribution in [3.05, 3.63) is 0 Å². The molecule has 0 N–H and O–H groups in total. The van der Waals surface area contributed by atoms with Crippen LogP contribution >= 0.6 is 11.8 Å². The van der Waals surface area contributed by atoms with Gasteiger partial charge in [-0.2, -0.15) is 11.8 Å². The Kier molecular flexibility index (Phi) is 4.28. The first-order chi connectivity index (χ1) is 6.25. The van der Waals surface area contributed by atoms with Crippen molar-refractivity contribution in [1.29, 1.82) is 0 Å². The second-order valence-electron chi connectivity index (χ2n) is 3.14. The van der Waals surface area contributed by atoms with Gasteiger partial charge in [0.25, 0.3) is 0 Å². The number of hydrogen-bond donors (Lipinski definition) is 0. The Morgan fingerprint density at radius 1 is 1.23 bits per heavy atom. The number of amides is 2. The molecule has 0 radical (unpaired) electrons. The molecule has 0 aromatic carbocycles. The van der Waals surface area contributed by atoms with Crippen LogP contribution in [0.1, 0.15) is 25.7 Å². The van der Waals surface area contributed by atoms with E-state index in [0.29, 0.717) is 19.4 Å². The van der Waals surface area contributed by atoms with Gasteiger partial charge >= 0.3 is 0 Å². The van der Waals surface area contributed by atoms with Crippen LogP contribution in [0.3, 0.4) is 0 Å². The average Bonchev–Trinajstić information content (AvgIpc) is 2.42. The first-order valence-electron chi connectivity index (χ1n) is 4.58. The van der Waals surface area contributed by atoms with E-state index in [0.717, 1.165) is 18.6 Å². The molecule has 1 rings (SSSR count). The Morgan fingerprint density at radius 2 is 1.85 bits per heavy atom. The molecule has 1 fully saturated rings. The number of thioether (sulfide) groups is 1. The molecule has 1 heterocycles. The van der Waals surface area contributed by atoms with Crippen molar-refractivity contribution in [2.75, 3.05) is 18.6 Å². The van der Waals surface area contributed by atoms with Gasteiger partial charge in [0, 0.05) is 19.4 Å². The fourth-order valence-corrected chi connectivity index (χ4v) is 1.88. The van der Waals surface area contributed by atoms with Gasteiger partial charge in [0.2, 0.25) is 11.8 Å². The zero-order valence-electron chi connectivity index (χ0n) is 7.91. The Labute approximate surface area is 82.9 Å². The van der Waals surface area contributed by atoms with Crippen LogP contribution in [0.4, 0.5) is 0 Å². The molecule has 0 aliphatic carbocycles. The van der Waals surface area contributed by atoms with Crippen LogP contribution in [-0.2, 0) is 9.59 Å². The number of nitrogens with zero attached hydrogens (tertiary/aromatic N) is 1. The molecule has 0 aromatic heterocycles. The molecule has 74 valence electrons. The van der Waals surface area contributed by atoms with Crippen LogP contribution in [0.5, 0.6) is 0 Å². The summed E-state index contributed by atoms with van der Waals surface area (Å²) in [5.41, 5.74) is 0. The highest BCUT2D eigenvalue weighted by atomic mass is 32.2. The molecule has 1 aliphatic rings. The number of carbonyl (C=O) groups is 2. The summed E-state index contributed by atoms with van der Waals surface area (Å²) in [4.78, 5) is 23.7. The average molecular weight is 201 g/mol. The van der Waals surface area contributed by atoms with Gasteiger partial charge in [-0.15, -0.1) is 0 Å². The minimum absolute atomic E-state index is 0.00847. The zero-order valence-corrected chi connectivity index (χ0v) is 8.73.